The molecular weight excluding hydrogens is 410 g/mol. The Bertz CT molecular complexity index is 1010. The fourth-order valence-electron chi connectivity index (χ4n) is 3.42. The minimum absolute atomic E-state index is 0.190. The maximum absolute atomic E-state index is 12.5. The van der Waals surface area contributed by atoms with Crippen molar-refractivity contribution in [3.8, 4) is 10.7 Å². The third-order valence-electron chi connectivity index (χ3n) is 4.84. The number of aromatic nitrogens is 2. The number of hydrogen-bond acceptors (Lipinski definition) is 8. The topological polar surface area (TPSA) is 94.3 Å². The van der Waals surface area contributed by atoms with E-state index in [1.165, 1.54) is 34.7 Å². The van der Waals surface area contributed by atoms with Crippen LogP contribution >= 0.6 is 22.7 Å². The number of hydrogen-bond donors (Lipinski definition) is 1. The molecule has 0 aromatic carbocycles. The van der Waals surface area contributed by atoms with Gasteiger partial charge in [-0.15, -0.1) is 22.7 Å². The van der Waals surface area contributed by atoms with E-state index < -0.39 is 5.97 Å². The number of anilines is 1. The first kappa shape index (κ1) is 19.8. The van der Waals surface area contributed by atoms with E-state index in [1.807, 2.05) is 17.5 Å². The van der Waals surface area contributed by atoms with E-state index >= 15 is 0 Å². The molecule has 0 unspecified atom stereocenters. The van der Waals surface area contributed by atoms with Crippen LogP contribution in [-0.4, -0.2) is 29.1 Å². The lowest BCUT2D eigenvalue weighted by Gasteiger charge is -2.07. The summed E-state index contributed by atoms with van der Waals surface area (Å²) in [4.78, 5) is 31.3. The highest BCUT2D eigenvalue weighted by molar-refractivity contribution is 7.17. The Morgan fingerprint density at radius 1 is 1.28 bits per heavy atom. The highest BCUT2D eigenvalue weighted by Gasteiger charge is 2.26. The second-order valence-electron chi connectivity index (χ2n) is 6.80. The van der Waals surface area contributed by atoms with Gasteiger partial charge in [0.2, 0.25) is 17.6 Å². The number of carbonyl (C=O) groups excluding carboxylic acids is 2. The Hall–Kier alpha value is -2.52. The lowest BCUT2D eigenvalue weighted by Crippen LogP contribution is -2.15. The number of esters is 1. The fourth-order valence-corrected chi connectivity index (χ4v) is 5.36. The van der Waals surface area contributed by atoms with E-state index in [1.54, 1.807) is 0 Å². The van der Waals surface area contributed by atoms with E-state index in [0.717, 1.165) is 42.5 Å². The van der Waals surface area contributed by atoms with Crippen LogP contribution in [0.5, 0.6) is 0 Å². The Morgan fingerprint density at radius 2 is 2.14 bits per heavy atom. The van der Waals surface area contributed by atoms with Crippen LogP contribution in [0.4, 0.5) is 5.00 Å². The monoisotopic (exact) mass is 431 g/mol. The van der Waals surface area contributed by atoms with Gasteiger partial charge >= 0.3 is 5.97 Å². The average molecular weight is 432 g/mol. The molecule has 0 atom stereocenters. The molecule has 3 heterocycles. The predicted octanol–water partition coefficient (Wildman–Crippen LogP) is 4.49. The minimum Gasteiger partial charge on any atom is -0.465 e. The quantitative estimate of drug-likeness (QED) is 0.457. The predicted molar refractivity (Wildman–Crippen MR) is 111 cm³/mol. The molecule has 1 aliphatic carbocycles. The van der Waals surface area contributed by atoms with Gasteiger partial charge in [0.1, 0.15) is 5.00 Å². The number of rotatable bonds is 6. The molecule has 0 saturated carbocycles. The molecule has 0 spiro atoms. The van der Waals surface area contributed by atoms with Crippen LogP contribution in [0.25, 0.3) is 10.7 Å². The van der Waals surface area contributed by atoms with E-state index in [9.17, 15) is 9.59 Å². The van der Waals surface area contributed by atoms with Gasteiger partial charge in [0, 0.05) is 17.7 Å². The van der Waals surface area contributed by atoms with Crippen LogP contribution in [0.2, 0.25) is 0 Å². The smallest absolute Gasteiger partial charge is 0.341 e. The Kier molecular flexibility index (Phi) is 6.05. The van der Waals surface area contributed by atoms with Gasteiger partial charge in [0.25, 0.3) is 0 Å². The molecule has 7 nitrogen and oxygen atoms in total. The minimum atomic E-state index is -0.391. The molecule has 3 aromatic heterocycles. The van der Waals surface area contributed by atoms with Gasteiger partial charge in [-0.25, -0.2) is 4.79 Å². The van der Waals surface area contributed by atoms with Crippen LogP contribution < -0.4 is 5.32 Å². The summed E-state index contributed by atoms with van der Waals surface area (Å²) < 4.78 is 10.2. The first-order chi connectivity index (χ1) is 14.2. The molecule has 0 bridgehead atoms. The largest absolute Gasteiger partial charge is 0.465 e. The highest BCUT2D eigenvalue weighted by atomic mass is 32.1. The van der Waals surface area contributed by atoms with Crippen molar-refractivity contribution in [2.45, 2.75) is 44.9 Å². The van der Waals surface area contributed by atoms with Gasteiger partial charge in [-0.2, -0.15) is 4.98 Å². The Labute approximate surface area is 176 Å². The van der Waals surface area contributed by atoms with E-state index in [2.05, 4.69) is 15.5 Å². The molecule has 0 saturated heterocycles. The summed E-state index contributed by atoms with van der Waals surface area (Å²) >= 11 is 3.02. The highest BCUT2D eigenvalue weighted by Crippen LogP contribution is 2.38. The summed E-state index contributed by atoms with van der Waals surface area (Å²) in [6.45, 7) is 0. The van der Waals surface area contributed by atoms with Crippen molar-refractivity contribution in [1.82, 2.24) is 10.1 Å². The normalized spacial score (nSPS) is 13.6. The van der Waals surface area contributed by atoms with Gasteiger partial charge in [0.15, 0.2) is 0 Å². The first-order valence-electron chi connectivity index (χ1n) is 9.55. The van der Waals surface area contributed by atoms with Gasteiger partial charge in [-0.1, -0.05) is 17.6 Å². The number of amides is 1. The molecule has 1 amide bonds. The Morgan fingerprint density at radius 3 is 2.93 bits per heavy atom. The third kappa shape index (κ3) is 4.40. The molecular formula is C20H21N3O4S2. The number of nitrogens with zero attached hydrogens (tertiary/aromatic N) is 2. The van der Waals surface area contributed by atoms with Gasteiger partial charge in [-0.05, 0) is 42.7 Å². The first-order valence-corrected chi connectivity index (χ1v) is 11.2. The molecule has 1 aliphatic rings. The summed E-state index contributed by atoms with van der Waals surface area (Å²) in [6.07, 6.45) is 5.61. The van der Waals surface area contributed by atoms with Gasteiger partial charge in [0.05, 0.1) is 17.6 Å². The van der Waals surface area contributed by atoms with Gasteiger partial charge in [-0.3, -0.25) is 4.79 Å². The molecule has 0 radical (unpaired) electrons. The molecule has 3 aromatic rings. The van der Waals surface area contributed by atoms with Crippen LogP contribution in [0.15, 0.2) is 22.0 Å². The molecule has 0 fully saturated rings. The maximum atomic E-state index is 12.5. The van der Waals surface area contributed by atoms with Crippen molar-refractivity contribution < 1.29 is 18.8 Å². The number of nitrogens with one attached hydrogen (secondary N) is 1. The second kappa shape index (κ2) is 8.87. The van der Waals surface area contributed by atoms with Crippen molar-refractivity contribution in [3.63, 3.8) is 0 Å². The number of carbonyl (C=O) groups is 2. The lowest BCUT2D eigenvalue weighted by molar-refractivity contribution is -0.116. The summed E-state index contributed by atoms with van der Waals surface area (Å²) in [5.41, 5.74) is 1.55. The van der Waals surface area contributed by atoms with E-state index in [4.69, 9.17) is 9.26 Å². The molecule has 4 rings (SSSR count). The van der Waals surface area contributed by atoms with Crippen molar-refractivity contribution in [2.75, 3.05) is 12.4 Å². The zero-order chi connectivity index (χ0) is 20.2. The van der Waals surface area contributed by atoms with Crippen molar-refractivity contribution >= 4 is 39.6 Å². The Balaban J connectivity index is 1.44. The van der Waals surface area contributed by atoms with E-state index in [0.29, 0.717) is 28.7 Å². The second-order valence-corrected chi connectivity index (χ2v) is 8.85. The number of fused-ring (bicyclic) bond motifs is 1. The number of aryl methyl sites for hydroxylation is 2. The SMILES string of the molecule is COC(=O)c1c(NC(=O)CCc2nc(-c3cccs3)no2)sc2c1CCCCC2. The van der Waals surface area contributed by atoms with Crippen LogP contribution in [0.1, 0.15) is 52.4 Å². The summed E-state index contributed by atoms with van der Waals surface area (Å²) in [5, 5.41) is 9.38. The zero-order valence-electron chi connectivity index (χ0n) is 16.0. The van der Waals surface area contributed by atoms with Crippen LogP contribution in [0.3, 0.4) is 0 Å². The molecule has 0 aliphatic heterocycles. The number of ether oxygens (including phenoxy) is 1. The van der Waals surface area contributed by atoms with Crippen molar-refractivity contribution in [1.29, 1.82) is 0 Å². The summed E-state index contributed by atoms with van der Waals surface area (Å²) in [7, 11) is 1.37. The molecule has 1 N–H and O–H groups in total. The third-order valence-corrected chi connectivity index (χ3v) is 6.91. The molecule has 29 heavy (non-hydrogen) atoms. The number of thiophene rings is 2. The standard InChI is InChI=1S/C20H21N3O4S2/c1-26-20(25)17-12-6-3-2-4-7-13(12)29-19(17)21-15(24)9-10-16-22-18(23-27-16)14-8-5-11-28-14/h5,8,11H,2-4,6-7,9-10H2,1H3,(H,21,24). The maximum Gasteiger partial charge on any atom is 0.341 e. The van der Waals surface area contributed by atoms with Crippen molar-refractivity contribution in [3.05, 3.63) is 39.4 Å². The zero-order valence-corrected chi connectivity index (χ0v) is 17.7. The summed E-state index contributed by atoms with van der Waals surface area (Å²) in [6, 6.07) is 3.84. The molecule has 152 valence electrons. The van der Waals surface area contributed by atoms with Crippen LogP contribution in [-0.2, 0) is 28.8 Å². The van der Waals surface area contributed by atoms with Crippen LogP contribution in [0, 0.1) is 0 Å². The van der Waals surface area contributed by atoms with Crippen molar-refractivity contribution in [2.24, 2.45) is 0 Å². The molecule has 9 heteroatoms. The van der Waals surface area contributed by atoms with Gasteiger partial charge < -0.3 is 14.6 Å². The van der Waals surface area contributed by atoms with E-state index in [-0.39, 0.29) is 12.3 Å². The average Bonchev–Trinajstić information content (AvgIpc) is 3.44. The lowest BCUT2D eigenvalue weighted by atomic mass is 10.1. The fraction of sp³-hybridized carbons (Fsp3) is 0.400. The summed E-state index contributed by atoms with van der Waals surface area (Å²) in [5.74, 6) is 0.365. The number of methoxy groups -OCH3 is 1.